The molecule has 0 bridgehead atoms. The van der Waals surface area contributed by atoms with E-state index in [0.717, 1.165) is 42.1 Å². The molecule has 9 rings (SSSR count). The Morgan fingerprint density at radius 2 is 0.896 bits per heavy atom. The maximum absolute atomic E-state index is 13.9. The predicted molar refractivity (Wildman–Crippen MR) is 272 cm³/mol. The number of ether oxygens (including phenoxy) is 2. The topological polar surface area (TPSA) is 148 Å². The van der Waals surface area contributed by atoms with Crippen LogP contribution in [0.15, 0.2) is 70.8 Å². The van der Waals surface area contributed by atoms with Crippen molar-refractivity contribution in [1.82, 2.24) is 0 Å². The van der Waals surface area contributed by atoms with Crippen LogP contribution in [0.2, 0.25) is 20.1 Å². The minimum absolute atomic E-state index is 0.192. The summed E-state index contributed by atoms with van der Waals surface area (Å²) in [5, 5.41) is 40.6. The summed E-state index contributed by atoms with van der Waals surface area (Å²) < 4.78 is 12.5. The molecule has 0 aliphatic heterocycles. The number of rotatable bonds is 10. The van der Waals surface area contributed by atoms with Crippen molar-refractivity contribution in [3.05, 3.63) is 134 Å². The summed E-state index contributed by atoms with van der Waals surface area (Å²) in [6, 6.07) is 22.1. The first-order valence-electron chi connectivity index (χ1n) is 20.7. The van der Waals surface area contributed by atoms with E-state index in [1.165, 1.54) is 58.1 Å². The summed E-state index contributed by atoms with van der Waals surface area (Å²) >= 11 is 31.6. The normalized spacial score (nSPS) is 15.2. The number of nitriles is 4. The van der Waals surface area contributed by atoms with Gasteiger partial charge in [0.1, 0.15) is 46.9 Å². The fraction of sp³-hybridized carbons (Fsp3) is 0.176. The van der Waals surface area contributed by atoms with Crippen molar-refractivity contribution in [3.63, 3.8) is 0 Å². The summed E-state index contributed by atoms with van der Waals surface area (Å²) in [5.41, 5.74) is 3.89. The van der Waals surface area contributed by atoms with E-state index in [4.69, 9.17) is 55.9 Å². The summed E-state index contributed by atoms with van der Waals surface area (Å²) in [6.45, 7) is 9.03. The average molecular weight is 1030 g/mol. The fourth-order valence-corrected chi connectivity index (χ4v) is 14.7. The van der Waals surface area contributed by atoms with E-state index in [-0.39, 0.29) is 81.6 Å². The molecule has 0 fully saturated rings. The minimum Gasteiger partial charge on any atom is -0.492 e. The highest BCUT2D eigenvalue weighted by Crippen LogP contribution is 2.62. The second-order valence-corrected chi connectivity index (χ2v) is 21.3. The Morgan fingerprint density at radius 3 is 1.22 bits per heavy atom. The van der Waals surface area contributed by atoms with Crippen LogP contribution in [0.5, 0.6) is 11.5 Å². The van der Waals surface area contributed by atoms with Crippen molar-refractivity contribution in [2.24, 2.45) is 0 Å². The van der Waals surface area contributed by atoms with E-state index >= 15 is 0 Å². The van der Waals surface area contributed by atoms with Gasteiger partial charge in [-0.1, -0.05) is 60.3 Å². The largest absolute Gasteiger partial charge is 0.492 e. The van der Waals surface area contributed by atoms with E-state index in [1.54, 1.807) is 34.8 Å². The molecule has 0 amide bonds. The molecule has 0 spiro atoms. The number of thiophene rings is 4. The SMILES string of the molecule is CCOc1cc(/C=C2\C(=O)c3cc(Cl)c(Cl)cc3C2=C(C#N)C#N)sc1-c1cc2c(s1)-c1sc(-c3sc(/C=C4\C(=O)c5cc(Cl)c(Cl)cc5C4=C(C#N)C#N)cc3OCC)cc1C2(CC)CC. The zero-order valence-corrected chi connectivity index (χ0v) is 42.0. The number of hydrogen-bond acceptors (Lipinski definition) is 12. The van der Waals surface area contributed by atoms with Gasteiger partial charge in [-0.3, -0.25) is 9.59 Å². The molecule has 3 aliphatic carbocycles. The Labute approximate surface area is 421 Å². The van der Waals surface area contributed by atoms with Crippen molar-refractivity contribution in [3.8, 4) is 65.0 Å². The van der Waals surface area contributed by atoms with Crippen molar-refractivity contribution < 1.29 is 19.1 Å². The smallest absolute Gasteiger partial charge is 0.194 e. The molecular formula is C51H30Cl4N4O4S4. The summed E-state index contributed by atoms with van der Waals surface area (Å²) in [7, 11) is 0. The first-order chi connectivity index (χ1) is 32.3. The van der Waals surface area contributed by atoms with E-state index in [0.29, 0.717) is 45.6 Å². The molecule has 3 aliphatic rings. The molecule has 0 atom stereocenters. The van der Waals surface area contributed by atoms with Crippen LogP contribution in [-0.2, 0) is 5.41 Å². The second kappa shape index (κ2) is 18.1. The third kappa shape index (κ3) is 7.40. The molecule has 16 heteroatoms. The molecule has 67 heavy (non-hydrogen) atoms. The van der Waals surface area contributed by atoms with Crippen LogP contribution in [-0.4, -0.2) is 24.8 Å². The van der Waals surface area contributed by atoms with Gasteiger partial charge in [-0.2, -0.15) is 21.0 Å². The maximum Gasteiger partial charge on any atom is 0.194 e. The zero-order valence-electron chi connectivity index (χ0n) is 35.7. The van der Waals surface area contributed by atoms with Gasteiger partial charge < -0.3 is 9.47 Å². The molecule has 0 radical (unpaired) electrons. The quantitative estimate of drug-likeness (QED) is 0.0973. The number of benzene rings is 2. The molecule has 0 saturated heterocycles. The van der Waals surface area contributed by atoms with Gasteiger partial charge in [0.15, 0.2) is 11.6 Å². The van der Waals surface area contributed by atoms with Gasteiger partial charge in [-0.15, -0.1) is 45.3 Å². The minimum atomic E-state index is -0.365. The van der Waals surface area contributed by atoms with E-state index in [9.17, 15) is 30.6 Å². The van der Waals surface area contributed by atoms with E-state index < -0.39 is 0 Å². The van der Waals surface area contributed by atoms with Crippen LogP contribution in [0.1, 0.15) is 93.3 Å². The van der Waals surface area contributed by atoms with Crippen LogP contribution in [0.3, 0.4) is 0 Å². The second-order valence-electron chi connectivity index (χ2n) is 15.4. The number of allylic oxidation sites excluding steroid dienone is 6. The summed E-state index contributed by atoms with van der Waals surface area (Å²) in [6.07, 6.45) is 5.09. The predicted octanol–water partition coefficient (Wildman–Crippen LogP) is 15.9. The van der Waals surface area contributed by atoms with Crippen molar-refractivity contribution in [1.29, 1.82) is 21.0 Å². The molecule has 2 aromatic carbocycles. The van der Waals surface area contributed by atoms with Gasteiger partial charge >= 0.3 is 0 Å². The first kappa shape index (κ1) is 46.4. The monoisotopic (exact) mass is 1030 g/mol. The molecule has 6 aromatic rings. The maximum atomic E-state index is 13.9. The van der Waals surface area contributed by atoms with Crippen LogP contribution < -0.4 is 9.47 Å². The molecule has 0 unspecified atom stereocenters. The highest BCUT2D eigenvalue weighted by atomic mass is 35.5. The van der Waals surface area contributed by atoms with Crippen LogP contribution >= 0.6 is 91.8 Å². The highest BCUT2D eigenvalue weighted by Gasteiger charge is 2.45. The van der Waals surface area contributed by atoms with Crippen LogP contribution in [0.25, 0.3) is 52.6 Å². The number of ketones is 2. The molecule has 4 heterocycles. The Balaban J connectivity index is 1.14. The molecule has 8 nitrogen and oxygen atoms in total. The lowest BCUT2D eigenvalue weighted by molar-refractivity contribution is 0.103. The zero-order chi connectivity index (χ0) is 47.6. The number of halogens is 4. The lowest BCUT2D eigenvalue weighted by Crippen LogP contribution is -2.22. The Bertz CT molecular complexity index is 3250. The number of carbonyl (C=O) groups is 2. The van der Waals surface area contributed by atoms with E-state index in [2.05, 4.69) is 26.0 Å². The Hall–Kier alpha value is -5.74. The lowest BCUT2D eigenvalue weighted by Gasteiger charge is -2.28. The van der Waals surface area contributed by atoms with Gasteiger partial charge in [-0.05, 0) is 110 Å². The highest BCUT2D eigenvalue weighted by molar-refractivity contribution is 7.29. The van der Waals surface area contributed by atoms with Gasteiger partial charge in [0.05, 0.1) is 43.1 Å². The van der Waals surface area contributed by atoms with E-state index in [1.807, 2.05) is 50.3 Å². The molecule has 330 valence electrons. The van der Waals surface area contributed by atoms with Crippen molar-refractivity contribution >= 4 is 127 Å². The number of Topliss-reactive ketones (excluding diaryl/α,β-unsaturated/α-hetero) is 2. The van der Waals surface area contributed by atoms with Crippen LogP contribution in [0, 0.1) is 45.3 Å². The first-order valence-corrected chi connectivity index (χ1v) is 25.5. The lowest BCUT2D eigenvalue weighted by atomic mass is 9.75. The Morgan fingerprint density at radius 1 is 0.537 bits per heavy atom. The van der Waals surface area contributed by atoms with Crippen molar-refractivity contribution in [2.45, 2.75) is 46.0 Å². The van der Waals surface area contributed by atoms with Gasteiger partial charge in [0, 0.05) is 68.1 Å². The van der Waals surface area contributed by atoms with Crippen molar-refractivity contribution in [2.75, 3.05) is 13.2 Å². The van der Waals surface area contributed by atoms with Gasteiger partial charge in [-0.25, -0.2) is 0 Å². The fourth-order valence-electron chi connectivity index (χ4n) is 9.07. The number of fused-ring (bicyclic) bond motifs is 5. The molecular weight excluding hydrogens is 1000 g/mol. The van der Waals surface area contributed by atoms with Gasteiger partial charge in [0.2, 0.25) is 0 Å². The number of nitrogens with zero attached hydrogens (tertiary/aromatic N) is 4. The number of hydrogen-bond donors (Lipinski definition) is 0. The number of carbonyl (C=O) groups excluding carboxylic acids is 2. The van der Waals surface area contributed by atoms with Gasteiger partial charge in [0.25, 0.3) is 0 Å². The molecule has 0 saturated carbocycles. The standard InChI is InChI=1S/C51H30Cl4N4O4S4/c1-5-51(6-2)33-17-41(49-39(62-7-3)11-25(64-49)9-31-43(23(19-56)20-57)27-13-35(52)37(54)15-29(27)45(31)60)66-47(33)48-34(51)18-42(67-48)50-40(63-8-4)12-26(65-50)10-32-44(24(21-58)22-59)28-14-36(53)38(55)16-30(28)46(32)61/h9-18H,5-8H2,1-4H3/b31-9-,32-10-. The average Bonchev–Trinajstić information content (AvgIpc) is 4.19. The Kier molecular flexibility index (Phi) is 12.5. The molecule has 0 N–H and O–H groups in total. The summed E-state index contributed by atoms with van der Waals surface area (Å²) in [5.74, 6) is 0.568. The van der Waals surface area contributed by atoms with Crippen LogP contribution in [0.4, 0.5) is 0 Å². The third-order valence-corrected chi connectivity index (χ3v) is 18.5. The summed E-state index contributed by atoms with van der Waals surface area (Å²) in [4.78, 5) is 35.4. The molecule has 4 aromatic heterocycles. The third-order valence-electron chi connectivity index (χ3n) is 12.1.